The van der Waals surface area contributed by atoms with Crippen molar-refractivity contribution in [3.05, 3.63) is 58.9 Å². The molecule has 0 bridgehead atoms. The van der Waals surface area contributed by atoms with Gasteiger partial charge < -0.3 is 15.0 Å². The summed E-state index contributed by atoms with van der Waals surface area (Å²) in [4.78, 5) is 25.1. The number of benzene rings is 2. The number of aromatic nitrogens is 3. The fourth-order valence-corrected chi connectivity index (χ4v) is 5.13. The Bertz CT molecular complexity index is 1510. The highest BCUT2D eigenvalue weighted by Gasteiger charge is 2.28. The molecule has 0 aliphatic heterocycles. The number of alkyl halides is 3. The van der Waals surface area contributed by atoms with Crippen LogP contribution in [-0.2, 0) is 13.6 Å². The number of nitrogens with one attached hydrogen (secondary N) is 1. The Balaban J connectivity index is 1.40. The molecule has 1 amide bonds. The molecule has 39 heavy (non-hydrogen) atoms. The molecule has 7 nitrogen and oxygen atoms in total. The van der Waals surface area contributed by atoms with E-state index in [-0.39, 0.29) is 22.7 Å². The van der Waals surface area contributed by atoms with Gasteiger partial charge in [0.05, 0.1) is 22.2 Å². The number of carbonyl (C=O) groups is 2. The molecular weight excluding hydrogens is 533 g/mol. The number of fused-ring (bicyclic) bond motifs is 2. The molecule has 0 aliphatic carbocycles. The molecule has 4 aromatic rings. The zero-order valence-corrected chi connectivity index (χ0v) is 22.4. The van der Waals surface area contributed by atoms with Crippen LogP contribution >= 0.6 is 11.6 Å². The lowest BCUT2D eigenvalue weighted by Gasteiger charge is -2.16. The minimum Gasteiger partial charge on any atom is -0.506 e. The Hall–Kier alpha value is -3.53. The van der Waals surface area contributed by atoms with Gasteiger partial charge >= 0.3 is 6.18 Å². The lowest BCUT2D eigenvalue weighted by Crippen LogP contribution is -2.33. The van der Waals surface area contributed by atoms with Gasteiger partial charge in [0, 0.05) is 42.1 Å². The molecule has 0 saturated heterocycles. The minimum atomic E-state index is -4.55. The highest BCUT2D eigenvalue weighted by molar-refractivity contribution is 6.31. The summed E-state index contributed by atoms with van der Waals surface area (Å²) >= 11 is 6.09. The van der Waals surface area contributed by atoms with E-state index in [4.69, 9.17) is 11.6 Å². The Kier molecular flexibility index (Phi) is 8.54. The van der Waals surface area contributed by atoms with E-state index in [9.17, 15) is 27.9 Å². The van der Waals surface area contributed by atoms with Crippen molar-refractivity contribution in [2.75, 3.05) is 6.54 Å². The molecule has 0 aliphatic rings. The summed E-state index contributed by atoms with van der Waals surface area (Å²) < 4.78 is 40.9. The van der Waals surface area contributed by atoms with E-state index in [0.717, 1.165) is 30.2 Å². The average molecular weight is 563 g/mol. The quantitative estimate of drug-likeness (QED) is 0.200. The smallest absolute Gasteiger partial charge is 0.405 e. The summed E-state index contributed by atoms with van der Waals surface area (Å²) in [6.45, 7) is 1.13. The number of halogens is 4. The number of aromatic hydroxyl groups is 1. The van der Waals surface area contributed by atoms with E-state index >= 15 is 0 Å². The molecule has 2 heterocycles. The number of ketones is 1. The first-order chi connectivity index (χ1) is 18.5. The predicted molar refractivity (Wildman–Crippen MR) is 144 cm³/mol. The summed E-state index contributed by atoms with van der Waals surface area (Å²) in [5.41, 5.74) is 1.77. The first-order valence-corrected chi connectivity index (χ1v) is 13.2. The largest absolute Gasteiger partial charge is 0.506 e. The normalized spacial score (nSPS) is 12.8. The summed E-state index contributed by atoms with van der Waals surface area (Å²) in [7, 11) is 1.87. The number of hydrogen-bond donors (Lipinski definition) is 2. The maximum absolute atomic E-state index is 13.0. The third kappa shape index (κ3) is 6.73. The molecule has 1 unspecified atom stereocenters. The van der Waals surface area contributed by atoms with Gasteiger partial charge in [-0.05, 0) is 61.6 Å². The molecule has 0 saturated carbocycles. The highest BCUT2D eigenvalue weighted by atomic mass is 35.5. The van der Waals surface area contributed by atoms with Gasteiger partial charge in [0.2, 0.25) is 0 Å². The molecule has 11 heteroatoms. The number of carbonyl (C=O) groups excluding carboxylic acids is 2. The fraction of sp³-hybridized carbons (Fsp3) is 0.393. The van der Waals surface area contributed by atoms with Gasteiger partial charge in [-0.15, -0.1) is 0 Å². The molecule has 4 rings (SSSR count). The van der Waals surface area contributed by atoms with Crippen LogP contribution in [0.3, 0.4) is 0 Å². The van der Waals surface area contributed by atoms with Gasteiger partial charge in [0.25, 0.3) is 5.91 Å². The average Bonchev–Trinajstić information content (AvgIpc) is 3.43. The summed E-state index contributed by atoms with van der Waals surface area (Å²) in [5, 5.41) is 18.6. The van der Waals surface area contributed by atoms with Crippen LogP contribution in [0.1, 0.15) is 59.9 Å². The number of nitrogens with zero attached hydrogens (tertiary/aromatic N) is 3. The zero-order valence-electron chi connectivity index (χ0n) is 21.7. The third-order valence-electron chi connectivity index (χ3n) is 6.85. The minimum absolute atomic E-state index is 0.0612. The molecule has 0 fully saturated rings. The van der Waals surface area contributed by atoms with Crippen molar-refractivity contribution in [2.24, 2.45) is 13.0 Å². The molecule has 2 aromatic heterocycles. The summed E-state index contributed by atoms with van der Waals surface area (Å²) in [6.07, 6.45) is 0.786. The standard InChI is InChI=1S/C28H30ClF3N4O3/c1-3-5-17(6-4-7-25(37)24-13-18-12-19(29)8-11-23(18)35(24)2)14-36-15-21-22(34-36)10-9-20(26(21)38)27(39)33-16-28(30,31)32/h8-13,15,17,38H,3-7,14,16H2,1-2H3,(H,33,39). The molecule has 2 N–H and O–H groups in total. The molecule has 0 spiro atoms. The van der Waals surface area contributed by atoms with Gasteiger partial charge in [0.15, 0.2) is 5.78 Å². The maximum Gasteiger partial charge on any atom is 0.405 e. The number of phenolic OH excluding ortho intramolecular Hbond substituents is 1. The number of amides is 1. The van der Waals surface area contributed by atoms with Crippen LogP contribution in [0, 0.1) is 5.92 Å². The fourth-order valence-electron chi connectivity index (χ4n) is 4.95. The molecule has 0 radical (unpaired) electrons. The number of aryl methyl sites for hydroxylation is 1. The topological polar surface area (TPSA) is 89.1 Å². The van der Waals surface area contributed by atoms with Crippen LogP contribution in [0.2, 0.25) is 5.02 Å². The van der Waals surface area contributed by atoms with E-state index < -0.39 is 24.4 Å². The molecule has 208 valence electrons. The Labute approximate surface area is 228 Å². The molecular formula is C28H30ClF3N4O3. The molecule has 1 atom stereocenters. The van der Waals surface area contributed by atoms with Crippen molar-refractivity contribution in [3.8, 4) is 5.75 Å². The lowest BCUT2D eigenvalue weighted by molar-refractivity contribution is -0.123. The second kappa shape index (κ2) is 11.7. The number of phenols is 1. The van der Waals surface area contributed by atoms with Crippen molar-refractivity contribution in [1.29, 1.82) is 0 Å². The second-order valence-corrected chi connectivity index (χ2v) is 10.2. The van der Waals surface area contributed by atoms with Gasteiger partial charge in [-0.2, -0.15) is 18.3 Å². The van der Waals surface area contributed by atoms with Gasteiger partial charge in [0.1, 0.15) is 12.3 Å². The zero-order chi connectivity index (χ0) is 28.3. The van der Waals surface area contributed by atoms with Gasteiger partial charge in [-0.1, -0.05) is 24.9 Å². The summed E-state index contributed by atoms with van der Waals surface area (Å²) in [6, 6.07) is 10.2. The number of Topliss-reactive ketones (excluding diaryl/α,β-unsaturated/α-hetero) is 1. The number of hydrogen-bond acceptors (Lipinski definition) is 4. The van der Waals surface area contributed by atoms with Gasteiger partial charge in [-0.3, -0.25) is 14.3 Å². The van der Waals surface area contributed by atoms with E-state index in [2.05, 4.69) is 12.0 Å². The van der Waals surface area contributed by atoms with E-state index in [0.29, 0.717) is 35.6 Å². The highest BCUT2D eigenvalue weighted by Crippen LogP contribution is 2.30. The van der Waals surface area contributed by atoms with Crippen molar-refractivity contribution in [3.63, 3.8) is 0 Å². The van der Waals surface area contributed by atoms with Crippen LogP contribution in [0.25, 0.3) is 21.8 Å². The maximum atomic E-state index is 13.0. The van der Waals surface area contributed by atoms with Gasteiger partial charge in [-0.25, -0.2) is 0 Å². The van der Waals surface area contributed by atoms with E-state index in [1.165, 1.54) is 12.1 Å². The second-order valence-electron chi connectivity index (χ2n) is 9.81. The van der Waals surface area contributed by atoms with E-state index in [1.54, 1.807) is 22.3 Å². The monoisotopic (exact) mass is 562 g/mol. The van der Waals surface area contributed by atoms with Crippen molar-refractivity contribution in [2.45, 2.75) is 51.7 Å². The van der Waals surface area contributed by atoms with Crippen molar-refractivity contribution < 1.29 is 27.9 Å². The van der Waals surface area contributed by atoms with Crippen LogP contribution in [0.15, 0.2) is 42.6 Å². The van der Waals surface area contributed by atoms with Crippen LogP contribution < -0.4 is 5.32 Å². The third-order valence-corrected chi connectivity index (χ3v) is 7.09. The van der Waals surface area contributed by atoms with Crippen LogP contribution in [0.4, 0.5) is 13.2 Å². The Morgan fingerprint density at radius 2 is 1.92 bits per heavy atom. The lowest BCUT2D eigenvalue weighted by atomic mass is 9.96. The van der Waals surface area contributed by atoms with Crippen molar-refractivity contribution in [1.82, 2.24) is 19.7 Å². The molecule has 2 aromatic carbocycles. The Morgan fingerprint density at radius 1 is 1.15 bits per heavy atom. The summed E-state index contributed by atoms with van der Waals surface area (Å²) in [5.74, 6) is -1.14. The first kappa shape index (κ1) is 28.5. The number of rotatable bonds is 11. The van der Waals surface area contributed by atoms with Crippen LogP contribution in [-0.4, -0.2) is 43.9 Å². The van der Waals surface area contributed by atoms with Crippen LogP contribution in [0.5, 0.6) is 5.75 Å². The Morgan fingerprint density at radius 3 is 2.64 bits per heavy atom. The SMILES string of the molecule is CCCC(CCCC(=O)c1cc2cc(Cl)ccc2n1C)Cn1cc2c(O)c(C(=O)NCC(F)(F)F)ccc2n1. The van der Waals surface area contributed by atoms with Crippen molar-refractivity contribution >= 4 is 45.1 Å². The predicted octanol–water partition coefficient (Wildman–Crippen LogP) is 6.65. The first-order valence-electron chi connectivity index (χ1n) is 12.8. The van der Waals surface area contributed by atoms with E-state index in [1.807, 2.05) is 29.8 Å².